The molecule has 0 unspecified atom stereocenters. The summed E-state index contributed by atoms with van der Waals surface area (Å²) in [6, 6.07) is 22.9. The van der Waals surface area contributed by atoms with Crippen LogP contribution in [-0.4, -0.2) is 53.7 Å². The lowest BCUT2D eigenvalue weighted by Crippen LogP contribution is -2.53. The predicted octanol–water partition coefficient (Wildman–Crippen LogP) is 6.53. The van der Waals surface area contributed by atoms with E-state index >= 15 is 0 Å². The minimum Gasteiger partial charge on any atom is -0.494 e. The standard InChI is InChI=1S/C32H34BrN5O4/c33-28-12-5-3-9-24(28)21-32(31(40)38-17-6-1-7-18-38)29(27-11-4-2-10-25(27)22-35-37-34)42-30(36-32)23-13-15-26(16-14-23)41-20-8-19-39/h2-5,9-16,29,39H,1,6-8,17-22H2/t29-,32-/m1/s1. The molecule has 0 aliphatic carbocycles. The molecule has 5 rings (SSSR count). The first-order chi connectivity index (χ1) is 20.6. The van der Waals surface area contributed by atoms with Crippen molar-refractivity contribution in [2.24, 2.45) is 10.1 Å². The Labute approximate surface area is 253 Å². The van der Waals surface area contributed by atoms with Crippen molar-refractivity contribution in [1.29, 1.82) is 0 Å². The lowest BCUT2D eigenvalue weighted by molar-refractivity contribution is -0.140. The zero-order valence-corrected chi connectivity index (χ0v) is 24.9. The first kappa shape index (κ1) is 29.6. The van der Waals surface area contributed by atoms with Crippen LogP contribution >= 0.6 is 15.9 Å². The number of aliphatic hydroxyl groups is 1. The van der Waals surface area contributed by atoms with Crippen molar-refractivity contribution in [3.63, 3.8) is 0 Å². The van der Waals surface area contributed by atoms with E-state index in [4.69, 9.17) is 25.1 Å². The number of halogens is 1. The second kappa shape index (κ2) is 13.9. The monoisotopic (exact) mass is 631 g/mol. The average Bonchev–Trinajstić information content (AvgIpc) is 3.42. The molecule has 0 saturated carbocycles. The number of aliphatic imine (C=N–C) groups is 1. The molecular weight excluding hydrogens is 598 g/mol. The van der Waals surface area contributed by atoms with Gasteiger partial charge in [-0.2, -0.15) is 0 Å². The van der Waals surface area contributed by atoms with Crippen LogP contribution in [0.15, 0.2) is 87.4 Å². The molecule has 9 nitrogen and oxygen atoms in total. The van der Waals surface area contributed by atoms with E-state index in [2.05, 4.69) is 26.0 Å². The van der Waals surface area contributed by atoms with Gasteiger partial charge in [-0.25, -0.2) is 4.99 Å². The normalized spacial score (nSPS) is 19.9. The third kappa shape index (κ3) is 6.46. The fourth-order valence-electron chi connectivity index (χ4n) is 5.59. The van der Waals surface area contributed by atoms with Gasteiger partial charge in [-0.3, -0.25) is 4.79 Å². The number of ether oxygens (including phenoxy) is 2. The minimum absolute atomic E-state index is 0.0654. The quantitative estimate of drug-likeness (QED) is 0.112. The number of hydrogen-bond donors (Lipinski definition) is 1. The molecule has 218 valence electrons. The maximum atomic E-state index is 14.7. The molecule has 1 N–H and O–H groups in total. The van der Waals surface area contributed by atoms with E-state index in [1.807, 2.05) is 77.7 Å². The van der Waals surface area contributed by atoms with Gasteiger partial charge in [0.25, 0.3) is 5.91 Å². The smallest absolute Gasteiger partial charge is 0.255 e. The summed E-state index contributed by atoms with van der Waals surface area (Å²) in [4.78, 5) is 24.8. The molecule has 1 fully saturated rings. The highest BCUT2D eigenvalue weighted by Crippen LogP contribution is 2.45. The number of amides is 1. The number of likely N-dealkylation sites (tertiary alicyclic amines) is 1. The van der Waals surface area contributed by atoms with Crippen LogP contribution < -0.4 is 4.74 Å². The van der Waals surface area contributed by atoms with Crippen LogP contribution in [0.25, 0.3) is 10.4 Å². The summed E-state index contributed by atoms with van der Waals surface area (Å²) >= 11 is 3.69. The zero-order chi connectivity index (χ0) is 29.4. The third-order valence-corrected chi connectivity index (χ3v) is 8.48. The number of carbonyl (C=O) groups excluding carboxylic acids is 1. The molecule has 2 aliphatic heterocycles. The summed E-state index contributed by atoms with van der Waals surface area (Å²) in [7, 11) is 0. The molecule has 2 atom stereocenters. The van der Waals surface area contributed by atoms with Crippen molar-refractivity contribution in [3.05, 3.63) is 110 Å². The Morgan fingerprint density at radius 1 is 1.07 bits per heavy atom. The lowest BCUT2D eigenvalue weighted by Gasteiger charge is -2.38. The van der Waals surface area contributed by atoms with Crippen molar-refractivity contribution in [3.8, 4) is 5.75 Å². The maximum absolute atomic E-state index is 14.7. The lowest BCUT2D eigenvalue weighted by atomic mass is 9.80. The third-order valence-electron chi connectivity index (χ3n) is 7.71. The van der Waals surface area contributed by atoms with Crippen molar-refractivity contribution >= 4 is 27.7 Å². The van der Waals surface area contributed by atoms with Gasteiger partial charge in [0.05, 0.1) is 13.2 Å². The molecule has 10 heteroatoms. The van der Waals surface area contributed by atoms with Gasteiger partial charge < -0.3 is 19.5 Å². The Kier molecular flexibility index (Phi) is 9.79. The van der Waals surface area contributed by atoms with E-state index in [0.717, 1.165) is 46.0 Å². The van der Waals surface area contributed by atoms with Gasteiger partial charge in [0.1, 0.15) is 5.75 Å². The topological polar surface area (TPSA) is 120 Å². The van der Waals surface area contributed by atoms with Crippen LogP contribution in [-0.2, 0) is 22.5 Å². The maximum Gasteiger partial charge on any atom is 0.255 e. The van der Waals surface area contributed by atoms with Gasteiger partial charge in [0.2, 0.25) is 5.90 Å². The van der Waals surface area contributed by atoms with Gasteiger partial charge in [-0.05, 0) is 71.8 Å². The molecule has 2 aliphatic rings. The van der Waals surface area contributed by atoms with Crippen molar-refractivity contribution < 1.29 is 19.4 Å². The molecule has 1 saturated heterocycles. The van der Waals surface area contributed by atoms with Gasteiger partial charge in [-0.15, -0.1) is 0 Å². The van der Waals surface area contributed by atoms with E-state index in [0.29, 0.717) is 44.2 Å². The van der Waals surface area contributed by atoms with E-state index < -0.39 is 11.6 Å². The Morgan fingerprint density at radius 3 is 2.50 bits per heavy atom. The number of rotatable bonds is 11. The summed E-state index contributed by atoms with van der Waals surface area (Å²) < 4.78 is 13.3. The largest absolute Gasteiger partial charge is 0.494 e. The second-order valence-electron chi connectivity index (χ2n) is 10.5. The highest BCUT2D eigenvalue weighted by Gasteiger charge is 2.55. The van der Waals surface area contributed by atoms with Crippen LogP contribution in [0.1, 0.15) is 54.0 Å². The number of azide groups is 1. The van der Waals surface area contributed by atoms with Crippen molar-refractivity contribution in [2.75, 3.05) is 26.3 Å². The van der Waals surface area contributed by atoms with Crippen LogP contribution in [0.2, 0.25) is 0 Å². The van der Waals surface area contributed by atoms with Gasteiger partial charge >= 0.3 is 0 Å². The Balaban J connectivity index is 1.63. The van der Waals surface area contributed by atoms with Crippen molar-refractivity contribution in [2.45, 2.75) is 50.3 Å². The summed E-state index contributed by atoms with van der Waals surface area (Å²) in [5.41, 5.74) is 11.0. The molecule has 1 amide bonds. The predicted molar refractivity (Wildman–Crippen MR) is 164 cm³/mol. The zero-order valence-electron chi connectivity index (χ0n) is 23.4. The molecule has 0 aromatic heterocycles. The molecular formula is C32H34BrN5O4. The summed E-state index contributed by atoms with van der Waals surface area (Å²) in [5, 5.41) is 12.9. The van der Waals surface area contributed by atoms with Crippen molar-refractivity contribution in [1.82, 2.24) is 4.90 Å². The van der Waals surface area contributed by atoms with Crippen LogP contribution in [0.4, 0.5) is 0 Å². The Morgan fingerprint density at radius 2 is 1.79 bits per heavy atom. The molecule has 0 bridgehead atoms. The summed E-state index contributed by atoms with van der Waals surface area (Å²) in [6.07, 6.45) is 3.10. The van der Waals surface area contributed by atoms with Crippen LogP contribution in [0.3, 0.4) is 0 Å². The van der Waals surface area contributed by atoms with Gasteiger partial charge in [0.15, 0.2) is 11.6 Å². The van der Waals surface area contributed by atoms with Gasteiger partial charge in [0, 0.05) is 47.5 Å². The molecule has 2 heterocycles. The summed E-state index contributed by atoms with van der Waals surface area (Å²) in [5.74, 6) is 0.976. The Bertz CT molecular complexity index is 1470. The first-order valence-corrected chi connectivity index (χ1v) is 15.1. The fraction of sp³-hybridized carbons (Fsp3) is 0.375. The molecule has 42 heavy (non-hydrogen) atoms. The number of nitrogens with zero attached hydrogens (tertiary/aromatic N) is 5. The van der Waals surface area contributed by atoms with E-state index in [-0.39, 0.29) is 19.1 Å². The number of aliphatic hydroxyl groups excluding tert-OH is 1. The fourth-order valence-corrected chi connectivity index (χ4v) is 6.01. The summed E-state index contributed by atoms with van der Waals surface area (Å²) in [6.45, 7) is 1.96. The van der Waals surface area contributed by atoms with E-state index in [1.165, 1.54) is 0 Å². The van der Waals surface area contributed by atoms with Crippen LogP contribution in [0, 0.1) is 0 Å². The highest BCUT2D eigenvalue weighted by atomic mass is 79.9. The molecule has 3 aromatic rings. The second-order valence-corrected chi connectivity index (χ2v) is 11.4. The number of benzene rings is 3. The van der Waals surface area contributed by atoms with E-state index in [9.17, 15) is 4.79 Å². The minimum atomic E-state index is -1.29. The average molecular weight is 633 g/mol. The number of piperidine rings is 1. The SMILES string of the molecule is [N-]=[N+]=NCc1ccccc1[C@H]1OC(c2ccc(OCCCO)cc2)=N[C@@]1(Cc1ccccc1Br)C(=O)N1CCCCC1. The first-order valence-electron chi connectivity index (χ1n) is 14.3. The Hall–Kier alpha value is -3.85. The van der Waals surface area contributed by atoms with E-state index in [1.54, 1.807) is 0 Å². The van der Waals surface area contributed by atoms with Crippen LogP contribution in [0.5, 0.6) is 5.75 Å². The van der Waals surface area contributed by atoms with Gasteiger partial charge in [-0.1, -0.05) is 63.5 Å². The molecule has 0 radical (unpaired) electrons. The molecule has 3 aromatic carbocycles. The molecule has 0 spiro atoms. The highest BCUT2D eigenvalue weighted by molar-refractivity contribution is 9.10. The number of carbonyl (C=O) groups is 1. The number of hydrogen-bond acceptors (Lipinski definition) is 6.